The Morgan fingerprint density at radius 3 is 2.33 bits per heavy atom. The zero-order valence-electron chi connectivity index (χ0n) is 6.01. The van der Waals surface area contributed by atoms with E-state index < -0.39 is 0 Å². The van der Waals surface area contributed by atoms with Crippen molar-refractivity contribution < 1.29 is 0 Å². The number of hydrogen-bond donors (Lipinski definition) is 0. The smallest absolute Gasteiger partial charge is 0.0917 e. The van der Waals surface area contributed by atoms with Crippen LogP contribution in [0.4, 0.5) is 0 Å². The summed E-state index contributed by atoms with van der Waals surface area (Å²) >= 11 is 1.66. The number of nitrogens with zero attached hydrogens (tertiary/aromatic N) is 1. The molecule has 1 nitrogen and oxygen atoms in total. The molecule has 0 aromatic rings. The molecule has 0 fully saturated rings. The first kappa shape index (κ1) is 8.58. The van der Waals surface area contributed by atoms with Gasteiger partial charge in [-0.1, -0.05) is 20.8 Å². The molecular formula is C7H11NS. The van der Waals surface area contributed by atoms with E-state index in [9.17, 15) is 0 Å². The molecule has 0 aromatic heterocycles. The van der Waals surface area contributed by atoms with E-state index in [1.807, 2.05) is 11.5 Å². The van der Waals surface area contributed by atoms with Crippen LogP contribution in [0.3, 0.4) is 0 Å². The Balaban J connectivity index is 3.54. The molecule has 2 heteroatoms. The van der Waals surface area contributed by atoms with E-state index >= 15 is 0 Å². The highest BCUT2D eigenvalue weighted by Gasteiger charge is 2.06. The Kier molecular flexibility index (Phi) is 3.41. The summed E-state index contributed by atoms with van der Waals surface area (Å²) in [5.41, 5.74) is 0. The van der Waals surface area contributed by atoms with Crippen LogP contribution in [0.15, 0.2) is 11.5 Å². The van der Waals surface area contributed by atoms with Gasteiger partial charge in [0.2, 0.25) is 0 Å². The standard InChI is InChI=1S/C7H11NS/c1-7(2,3)9-6-4-5-8/h4,6H,1-3H3/b6-4-. The van der Waals surface area contributed by atoms with E-state index in [0.717, 1.165) is 0 Å². The fourth-order valence-electron chi connectivity index (χ4n) is 0.269. The quantitative estimate of drug-likeness (QED) is 0.524. The number of rotatable bonds is 1. The number of nitriles is 1. The molecule has 0 spiro atoms. The minimum Gasteiger partial charge on any atom is -0.193 e. The van der Waals surface area contributed by atoms with E-state index in [-0.39, 0.29) is 4.75 Å². The molecule has 0 aromatic carbocycles. The van der Waals surface area contributed by atoms with Gasteiger partial charge in [-0.3, -0.25) is 0 Å². The van der Waals surface area contributed by atoms with Gasteiger partial charge >= 0.3 is 0 Å². The topological polar surface area (TPSA) is 23.8 Å². The van der Waals surface area contributed by atoms with E-state index in [1.165, 1.54) is 6.08 Å². The summed E-state index contributed by atoms with van der Waals surface area (Å²) in [4.78, 5) is 0. The maximum absolute atomic E-state index is 8.11. The second-order valence-electron chi connectivity index (χ2n) is 2.66. The first-order chi connectivity index (χ1) is 4.06. The Morgan fingerprint density at radius 1 is 1.44 bits per heavy atom. The van der Waals surface area contributed by atoms with Crippen LogP contribution in [0.2, 0.25) is 0 Å². The Bertz CT molecular complexity index is 136. The molecule has 0 rings (SSSR count). The predicted octanol–water partition coefficient (Wildman–Crippen LogP) is 2.56. The highest BCUT2D eigenvalue weighted by molar-refractivity contribution is 8.03. The van der Waals surface area contributed by atoms with Gasteiger partial charge in [-0.2, -0.15) is 5.26 Å². The lowest BCUT2D eigenvalue weighted by Crippen LogP contribution is -2.04. The van der Waals surface area contributed by atoms with Crippen molar-refractivity contribution in [1.82, 2.24) is 0 Å². The van der Waals surface area contributed by atoms with E-state index in [4.69, 9.17) is 5.26 Å². The monoisotopic (exact) mass is 141 g/mol. The van der Waals surface area contributed by atoms with Crippen LogP contribution in [0.1, 0.15) is 20.8 Å². The van der Waals surface area contributed by atoms with Crippen LogP contribution in [0.5, 0.6) is 0 Å². The molecular weight excluding hydrogens is 130 g/mol. The van der Waals surface area contributed by atoms with Crippen LogP contribution in [0.25, 0.3) is 0 Å². The Morgan fingerprint density at radius 2 is 2.00 bits per heavy atom. The third kappa shape index (κ3) is 7.58. The molecule has 0 N–H and O–H groups in total. The van der Waals surface area contributed by atoms with Gasteiger partial charge in [0, 0.05) is 10.8 Å². The fraction of sp³-hybridized carbons (Fsp3) is 0.571. The summed E-state index contributed by atoms with van der Waals surface area (Å²) in [5.74, 6) is 0. The van der Waals surface area contributed by atoms with Gasteiger partial charge in [0.05, 0.1) is 6.07 Å². The van der Waals surface area contributed by atoms with Crippen LogP contribution in [-0.4, -0.2) is 4.75 Å². The number of allylic oxidation sites excluding steroid dienone is 1. The highest BCUT2D eigenvalue weighted by Crippen LogP contribution is 2.23. The van der Waals surface area contributed by atoms with Crippen molar-refractivity contribution in [3.63, 3.8) is 0 Å². The largest absolute Gasteiger partial charge is 0.193 e. The Labute approximate surface area is 60.8 Å². The lowest BCUT2D eigenvalue weighted by atomic mass is 10.3. The van der Waals surface area contributed by atoms with Crippen molar-refractivity contribution in [3.8, 4) is 6.07 Å². The van der Waals surface area contributed by atoms with Crippen LogP contribution in [0, 0.1) is 11.3 Å². The van der Waals surface area contributed by atoms with Gasteiger partial charge in [0.15, 0.2) is 0 Å². The summed E-state index contributed by atoms with van der Waals surface area (Å²) in [6, 6.07) is 1.94. The molecule has 0 radical (unpaired) electrons. The normalized spacial score (nSPS) is 11.8. The van der Waals surface area contributed by atoms with Crippen molar-refractivity contribution in [1.29, 1.82) is 5.26 Å². The van der Waals surface area contributed by atoms with Gasteiger partial charge in [0.1, 0.15) is 0 Å². The van der Waals surface area contributed by atoms with Crippen molar-refractivity contribution in [2.24, 2.45) is 0 Å². The van der Waals surface area contributed by atoms with Crippen LogP contribution in [-0.2, 0) is 0 Å². The number of hydrogen-bond acceptors (Lipinski definition) is 2. The minimum absolute atomic E-state index is 0.230. The van der Waals surface area contributed by atoms with Crippen LogP contribution < -0.4 is 0 Å². The van der Waals surface area contributed by atoms with Gasteiger partial charge in [0.25, 0.3) is 0 Å². The van der Waals surface area contributed by atoms with E-state index in [1.54, 1.807) is 11.8 Å². The van der Waals surface area contributed by atoms with Crippen molar-refractivity contribution in [3.05, 3.63) is 11.5 Å². The molecule has 0 aliphatic carbocycles. The van der Waals surface area contributed by atoms with Crippen LogP contribution >= 0.6 is 11.8 Å². The summed E-state index contributed by atoms with van der Waals surface area (Å²) in [7, 11) is 0. The average molecular weight is 141 g/mol. The third-order valence-corrected chi connectivity index (χ3v) is 1.54. The minimum atomic E-state index is 0.230. The van der Waals surface area contributed by atoms with Crippen molar-refractivity contribution in [2.45, 2.75) is 25.5 Å². The summed E-state index contributed by atoms with van der Waals surface area (Å²) in [5, 5.41) is 9.93. The molecule has 0 saturated heterocycles. The predicted molar refractivity (Wildman–Crippen MR) is 42.1 cm³/mol. The van der Waals surface area contributed by atoms with Gasteiger partial charge in [-0.25, -0.2) is 0 Å². The zero-order chi connectivity index (χ0) is 7.33. The summed E-state index contributed by atoms with van der Waals surface area (Å²) in [6.45, 7) is 6.33. The van der Waals surface area contributed by atoms with Gasteiger partial charge < -0.3 is 0 Å². The molecule has 0 aliphatic rings. The van der Waals surface area contributed by atoms with Crippen molar-refractivity contribution in [2.75, 3.05) is 0 Å². The molecule has 0 aliphatic heterocycles. The second kappa shape index (κ2) is 3.58. The summed E-state index contributed by atoms with van der Waals surface area (Å²) < 4.78 is 0.230. The average Bonchev–Trinajstić information content (AvgIpc) is 1.63. The first-order valence-corrected chi connectivity index (χ1v) is 3.67. The molecule has 50 valence electrons. The molecule has 0 saturated carbocycles. The maximum atomic E-state index is 8.11. The summed E-state index contributed by atoms with van der Waals surface area (Å²) in [6.07, 6.45) is 1.50. The first-order valence-electron chi connectivity index (χ1n) is 2.79. The highest BCUT2D eigenvalue weighted by atomic mass is 32.2. The second-order valence-corrected chi connectivity index (χ2v) is 4.39. The molecule has 0 unspecified atom stereocenters. The maximum Gasteiger partial charge on any atom is 0.0917 e. The fourth-order valence-corrected chi connectivity index (χ4v) is 0.806. The molecule has 9 heavy (non-hydrogen) atoms. The van der Waals surface area contributed by atoms with Crippen molar-refractivity contribution >= 4 is 11.8 Å². The van der Waals surface area contributed by atoms with E-state index in [2.05, 4.69) is 20.8 Å². The third-order valence-electron chi connectivity index (χ3n) is 0.564. The zero-order valence-corrected chi connectivity index (χ0v) is 6.83. The van der Waals surface area contributed by atoms with E-state index in [0.29, 0.717) is 0 Å². The molecule has 0 amide bonds. The molecule has 0 atom stereocenters. The van der Waals surface area contributed by atoms with Gasteiger partial charge in [-0.05, 0) is 5.41 Å². The lowest BCUT2D eigenvalue weighted by molar-refractivity contribution is 0.807. The number of thioether (sulfide) groups is 1. The molecule has 0 bridgehead atoms. The molecule has 0 heterocycles. The SMILES string of the molecule is CC(C)(C)S/C=C\C#N. The van der Waals surface area contributed by atoms with Gasteiger partial charge in [-0.15, -0.1) is 11.8 Å². The lowest BCUT2D eigenvalue weighted by Gasteiger charge is -2.12. The Hall–Kier alpha value is -0.420.